The minimum atomic E-state index is -0.583. The number of hydrogen-bond acceptors (Lipinski definition) is 3. The van der Waals surface area contributed by atoms with Crippen LogP contribution in [0.3, 0.4) is 0 Å². The first-order chi connectivity index (χ1) is 9.90. The Morgan fingerprint density at radius 2 is 1.81 bits per heavy atom. The zero-order valence-corrected chi connectivity index (χ0v) is 13.9. The number of carbonyl (C=O) groups is 2. The molecular weight excluding hydrogens is 334 g/mol. The Kier molecular flexibility index (Phi) is 7.39. The highest BCUT2D eigenvalue weighted by Crippen LogP contribution is 2.10. The third-order valence-corrected chi connectivity index (χ3v) is 3.62. The van der Waals surface area contributed by atoms with Crippen molar-refractivity contribution in [3.8, 4) is 0 Å². The molecule has 1 rings (SSSR count). The third kappa shape index (κ3) is 6.73. The Morgan fingerprint density at radius 3 is 2.38 bits per heavy atom. The van der Waals surface area contributed by atoms with E-state index in [1.807, 2.05) is 38.1 Å². The number of nitrogens with two attached hydrogens (primary N) is 1. The van der Waals surface area contributed by atoms with Gasteiger partial charge < -0.3 is 16.4 Å². The van der Waals surface area contributed by atoms with Gasteiger partial charge in [-0.1, -0.05) is 41.9 Å². The van der Waals surface area contributed by atoms with E-state index in [1.165, 1.54) is 0 Å². The highest BCUT2D eigenvalue weighted by Gasteiger charge is 2.17. The Hall–Kier alpha value is -1.40. The van der Waals surface area contributed by atoms with Crippen LogP contribution in [0.5, 0.6) is 0 Å². The molecule has 21 heavy (non-hydrogen) atoms. The first-order valence-electron chi connectivity index (χ1n) is 6.94. The standard InChI is InChI=1S/C15H22BrN3O2/c1-10(2)14(17)15(21)19-9-13(20)18-8-7-11-3-5-12(16)6-4-11/h3-6,10,14H,7-9,17H2,1-2H3,(H,18,20)(H,19,21)/t14-/m0/s1. The SMILES string of the molecule is CC(C)[C@H](N)C(=O)NCC(=O)NCCc1ccc(Br)cc1. The van der Waals surface area contributed by atoms with Crippen molar-refractivity contribution in [2.45, 2.75) is 26.3 Å². The first-order valence-corrected chi connectivity index (χ1v) is 7.74. The lowest BCUT2D eigenvalue weighted by Crippen LogP contribution is -2.47. The molecule has 0 aliphatic rings. The zero-order valence-electron chi connectivity index (χ0n) is 12.4. The average Bonchev–Trinajstić information content (AvgIpc) is 2.46. The molecule has 0 aliphatic heterocycles. The summed E-state index contributed by atoms with van der Waals surface area (Å²) in [6.45, 7) is 4.22. The Labute approximate surface area is 133 Å². The van der Waals surface area contributed by atoms with E-state index in [-0.39, 0.29) is 24.3 Å². The molecule has 0 saturated heterocycles. The maximum Gasteiger partial charge on any atom is 0.239 e. The summed E-state index contributed by atoms with van der Waals surface area (Å²) in [6, 6.07) is 7.34. The molecule has 0 radical (unpaired) electrons. The van der Waals surface area contributed by atoms with Gasteiger partial charge in [-0.15, -0.1) is 0 Å². The topological polar surface area (TPSA) is 84.2 Å². The number of nitrogens with one attached hydrogen (secondary N) is 2. The van der Waals surface area contributed by atoms with E-state index in [2.05, 4.69) is 26.6 Å². The molecule has 0 aromatic heterocycles. The van der Waals surface area contributed by atoms with Gasteiger partial charge in [0.05, 0.1) is 12.6 Å². The van der Waals surface area contributed by atoms with Crippen molar-refractivity contribution in [2.75, 3.05) is 13.1 Å². The van der Waals surface area contributed by atoms with Gasteiger partial charge in [-0.05, 0) is 30.0 Å². The van der Waals surface area contributed by atoms with Crippen molar-refractivity contribution in [1.82, 2.24) is 10.6 Å². The quantitative estimate of drug-likeness (QED) is 0.687. The summed E-state index contributed by atoms with van der Waals surface area (Å²) >= 11 is 3.37. The Balaban J connectivity index is 2.22. The molecule has 116 valence electrons. The molecule has 0 saturated carbocycles. The van der Waals surface area contributed by atoms with Crippen LogP contribution in [0.15, 0.2) is 28.7 Å². The van der Waals surface area contributed by atoms with Gasteiger partial charge in [0.1, 0.15) is 0 Å². The number of amides is 2. The maximum absolute atomic E-state index is 11.6. The molecule has 0 fully saturated rings. The van der Waals surface area contributed by atoms with Crippen molar-refractivity contribution in [3.63, 3.8) is 0 Å². The minimum Gasteiger partial charge on any atom is -0.354 e. The molecule has 0 unspecified atom stereocenters. The van der Waals surface area contributed by atoms with Gasteiger partial charge in [0.15, 0.2) is 0 Å². The second-order valence-electron chi connectivity index (χ2n) is 5.21. The summed E-state index contributed by atoms with van der Waals surface area (Å²) in [5.74, 6) is -0.463. The fraction of sp³-hybridized carbons (Fsp3) is 0.467. The molecular formula is C15H22BrN3O2. The van der Waals surface area contributed by atoms with Crippen LogP contribution in [0.2, 0.25) is 0 Å². The van der Waals surface area contributed by atoms with Crippen molar-refractivity contribution in [3.05, 3.63) is 34.3 Å². The normalized spacial score (nSPS) is 12.0. The number of hydrogen-bond donors (Lipinski definition) is 3. The number of carbonyl (C=O) groups excluding carboxylic acids is 2. The van der Waals surface area contributed by atoms with Gasteiger partial charge >= 0.3 is 0 Å². The highest BCUT2D eigenvalue weighted by atomic mass is 79.9. The summed E-state index contributed by atoms with van der Waals surface area (Å²) in [6.07, 6.45) is 0.748. The van der Waals surface area contributed by atoms with Gasteiger partial charge in [-0.3, -0.25) is 9.59 Å². The number of benzene rings is 1. The Morgan fingerprint density at radius 1 is 1.19 bits per heavy atom. The van der Waals surface area contributed by atoms with Crippen molar-refractivity contribution in [1.29, 1.82) is 0 Å². The lowest BCUT2D eigenvalue weighted by molar-refractivity contribution is -0.127. The van der Waals surface area contributed by atoms with E-state index in [0.29, 0.717) is 6.54 Å². The molecule has 4 N–H and O–H groups in total. The van der Waals surface area contributed by atoms with E-state index in [9.17, 15) is 9.59 Å². The van der Waals surface area contributed by atoms with Gasteiger partial charge in [0, 0.05) is 11.0 Å². The molecule has 0 heterocycles. The van der Waals surface area contributed by atoms with Gasteiger partial charge in [-0.25, -0.2) is 0 Å². The van der Waals surface area contributed by atoms with E-state index >= 15 is 0 Å². The van der Waals surface area contributed by atoms with Crippen molar-refractivity contribution in [2.24, 2.45) is 11.7 Å². The van der Waals surface area contributed by atoms with Gasteiger partial charge in [0.25, 0.3) is 0 Å². The number of rotatable bonds is 7. The second-order valence-corrected chi connectivity index (χ2v) is 6.13. The smallest absolute Gasteiger partial charge is 0.239 e. The van der Waals surface area contributed by atoms with Crippen LogP contribution in [0.4, 0.5) is 0 Å². The van der Waals surface area contributed by atoms with Gasteiger partial charge in [0.2, 0.25) is 11.8 Å². The highest BCUT2D eigenvalue weighted by molar-refractivity contribution is 9.10. The summed E-state index contributed by atoms with van der Waals surface area (Å²) in [7, 11) is 0. The van der Waals surface area contributed by atoms with E-state index in [4.69, 9.17) is 5.73 Å². The molecule has 6 heteroatoms. The Bertz CT molecular complexity index is 474. The summed E-state index contributed by atoms with van der Waals surface area (Å²) in [4.78, 5) is 23.2. The van der Waals surface area contributed by atoms with E-state index < -0.39 is 6.04 Å². The van der Waals surface area contributed by atoms with Crippen LogP contribution in [-0.2, 0) is 16.0 Å². The average molecular weight is 356 g/mol. The van der Waals surface area contributed by atoms with Crippen LogP contribution in [0.25, 0.3) is 0 Å². The van der Waals surface area contributed by atoms with Crippen molar-refractivity contribution < 1.29 is 9.59 Å². The van der Waals surface area contributed by atoms with E-state index in [1.54, 1.807) is 0 Å². The minimum absolute atomic E-state index is 0.0421. The fourth-order valence-corrected chi connectivity index (χ4v) is 1.91. The molecule has 0 spiro atoms. The van der Waals surface area contributed by atoms with Crippen molar-refractivity contribution >= 4 is 27.7 Å². The predicted octanol–water partition coefficient (Wildman–Crippen LogP) is 1.21. The van der Waals surface area contributed by atoms with Crippen LogP contribution < -0.4 is 16.4 Å². The van der Waals surface area contributed by atoms with Crippen LogP contribution in [-0.4, -0.2) is 30.9 Å². The molecule has 0 aliphatic carbocycles. The van der Waals surface area contributed by atoms with Crippen LogP contribution in [0, 0.1) is 5.92 Å². The predicted molar refractivity (Wildman–Crippen MR) is 86.7 cm³/mol. The fourth-order valence-electron chi connectivity index (χ4n) is 1.65. The molecule has 1 aromatic rings. The van der Waals surface area contributed by atoms with Gasteiger partial charge in [-0.2, -0.15) is 0 Å². The number of halogens is 1. The van der Waals surface area contributed by atoms with E-state index in [0.717, 1.165) is 16.5 Å². The largest absolute Gasteiger partial charge is 0.354 e. The van der Waals surface area contributed by atoms with Crippen LogP contribution >= 0.6 is 15.9 Å². The lowest BCUT2D eigenvalue weighted by Gasteiger charge is -2.15. The summed E-state index contributed by atoms with van der Waals surface area (Å²) < 4.78 is 1.03. The molecule has 1 atom stereocenters. The maximum atomic E-state index is 11.6. The summed E-state index contributed by atoms with van der Waals surface area (Å²) in [5, 5.41) is 5.30. The summed E-state index contributed by atoms with van der Waals surface area (Å²) in [5.41, 5.74) is 6.83. The molecule has 1 aromatic carbocycles. The second kappa shape index (κ2) is 8.79. The monoisotopic (exact) mass is 355 g/mol. The molecule has 5 nitrogen and oxygen atoms in total. The zero-order chi connectivity index (χ0) is 15.8. The first kappa shape index (κ1) is 17.7. The molecule has 2 amide bonds. The molecule has 0 bridgehead atoms. The lowest BCUT2D eigenvalue weighted by atomic mass is 10.1. The third-order valence-electron chi connectivity index (χ3n) is 3.09. The van der Waals surface area contributed by atoms with Crippen LogP contribution in [0.1, 0.15) is 19.4 Å².